The molecule has 2 heterocycles. The number of rotatable bonds is 4. The van der Waals surface area contributed by atoms with Crippen molar-refractivity contribution in [3.05, 3.63) is 65.7 Å². The van der Waals surface area contributed by atoms with Gasteiger partial charge in [0, 0.05) is 12.0 Å². The molecule has 6 nitrogen and oxygen atoms in total. The second-order valence-electron chi connectivity index (χ2n) is 6.84. The molecule has 2 fully saturated rings. The quantitative estimate of drug-likeness (QED) is 0.748. The first-order chi connectivity index (χ1) is 13.0. The van der Waals surface area contributed by atoms with Crippen LogP contribution in [0, 0.1) is 6.92 Å². The van der Waals surface area contributed by atoms with Crippen molar-refractivity contribution in [1.29, 1.82) is 0 Å². The molecule has 0 N–H and O–H groups in total. The Morgan fingerprint density at radius 1 is 0.926 bits per heavy atom. The summed E-state index contributed by atoms with van der Waals surface area (Å²) in [6.45, 7) is 2.49. The zero-order chi connectivity index (χ0) is 18.9. The van der Waals surface area contributed by atoms with Crippen LogP contribution < -0.4 is 0 Å². The first-order valence-corrected chi connectivity index (χ1v) is 10.4. The Hall–Kier alpha value is -1.77. The first kappa shape index (κ1) is 18.6. The van der Waals surface area contributed by atoms with E-state index in [0.29, 0.717) is 13.0 Å². The van der Waals surface area contributed by atoms with Crippen molar-refractivity contribution in [3.63, 3.8) is 0 Å². The SMILES string of the molecule is Cc1ccc(S(=O)(=O)OC2COC3COC(c4ccccc4)OC3C2)cc1. The van der Waals surface area contributed by atoms with Gasteiger partial charge in [-0.1, -0.05) is 48.0 Å². The maximum atomic E-state index is 12.5. The second-order valence-corrected chi connectivity index (χ2v) is 8.42. The molecule has 0 aliphatic carbocycles. The van der Waals surface area contributed by atoms with Crippen LogP contribution in [0.1, 0.15) is 23.8 Å². The second kappa shape index (κ2) is 7.69. The summed E-state index contributed by atoms with van der Waals surface area (Å²) in [5, 5.41) is 0. The zero-order valence-corrected chi connectivity index (χ0v) is 15.8. The molecule has 27 heavy (non-hydrogen) atoms. The number of hydrogen-bond acceptors (Lipinski definition) is 6. The molecule has 144 valence electrons. The van der Waals surface area contributed by atoms with Gasteiger partial charge in [0.25, 0.3) is 10.1 Å². The van der Waals surface area contributed by atoms with Crippen molar-refractivity contribution < 1.29 is 26.8 Å². The van der Waals surface area contributed by atoms with Crippen LogP contribution in [-0.2, 0) is 28.5 Å². The maximum Gasteiger partial charge on any atom is 0.297 e. The van der Waals surface area contributed by atoms with E-state index in [1.807, 2.05) is 37.3 Å². The third-order valence-electron chi connectivity index (χ3n) is 4.76. The molecule has 0 spiro atoms. The van der Waals surface area contributed by atoms with Crippen molar-refractivity contribution >= 4 is 10.1 Å². The van der Waals surface area contributed by atoms with Crippen LogP contribution in [0.2, 0.25) is 0 Å². The molecule has 0 saturated carbocycles. The molecule has 0 aromatic heterocycles. The summed E-state index contributed by atoms with van der Waals surface area (Å²) < 4.78 is 48.0. The van der Waals surface area contributed by atoms with Gasteiger partial charge >= 0.3 is 0 Å². The number of aryl methyl sites for hydroxylation is 1. The average Bonchev–Trinajstić information content (AvgIpc) is 2.68. The van der Waals surface area contributed by atoms with Gasteiger partial charge in [-0.25, -0.2) is 0 Å². The maximum absolute atomic E-state index is 12.5. The first-order valence-electron chi connectivity index (χ1n) is 8.95. The van der Waals surface area contributed by atoms with Crippen LogP contribution in [0.5, 0.6) is 0 Å². The Labute approximate surface area is 159 Å². The van der Waals surface area contributed by atoms with Crippen LogP contribution in [0.25, 0.3) is 0 Å². The molecular weight excluding hydrogens is 368 g/mol. The summed E-state index contributed by atoms with van der Waals surface area (Å²) in [4.78, 5) is 0.144. The Kier molecular flexibility index (Phi) is 5.29. The third kappa shape index (κ3) is 4.23. The minimum atomic E-state index is -3.85. The van der Waals surface area contributed by atoms with E-state index < -0.39 is 22.5 Å². The molecule has 4 atom stereocenters. The van der Waals surface area contributed by atoms with E-state index in [0.717, 1.165) is 11.1 Å². The van der Waals surface area contributed by atoms with E-state index >= 15 is 0 Å². The lowest BCUT2D eigenvalue weighted by Gasteiger charge is -2.41. The molecule has 4 unspecified atom stereocenters. The van der Waals surface area contributed by atoms with Gasteiger partial charge in [-0.15, -0.1) is 0 Å². The van der Waals surface area contributed by atoms with Crippen LogP contribution in [-0.4, -0.2) is 39.9 Å². The molecule has 2 aliphatic rings. The Morgan fingerprint density at radius 3 is 2.41 bits per heavy atom. The smallest absolute Gasteiger partial charge is 0.297 e. The van der Waals surface area contributed by atoms with Gasteiger partial charge in [0.2, 0.25) is 0 Å². The molecule has 2 aromatic rings. The highest BCUT2D eigenvalue weighted by Crippen LogP contribution is 2.33. The van der Waals surface area contributed by atoms with E-state index in [1.165, 1.54) is 0 Å². The highest BCUT2D eigenvalue weighted by Gasteiger charge is 2.40. The average molecular weight is 390 g/mol. The zero-order valence-electron chi connectivity index (χ0n) is 15.0. The van der Waals surface area contributed by atoms with E-state index in [4.69, 9.17) is 18.4 Å². The summed E-state index contributed by atoms with van der Waals surface area (Å²) in [6, 6.07) is 16.2. The van der Waals surface area contributed by atoms with Crippen molar-refractivity contribution in [2.75, 3.05) is 13.2 Å². The van der Waals surface area contributed by atoms with E-state index in [-0.39, 0.29) is 23.7 Å². The molecule has 0 amide bonds. The standard InChI is InChI=1S/C20H22O6S/c1-14-7-9-17(10-8-14)27(21,22)26-16-11-18-19(23-12-16)13-24-20(25-18)15-5-3-2-4-6-15/h2-10,16,18-20H,11-13H2,1H3. The van der Waals surface area contributed by atoms with Gasteiger partial charge in [0.15, 0.2) is 6.29 Å². The fraction of sp³-hybridized carbons (Fsp3) is 0.400. The molecule has 0 bridgehead atoms. The topological polar surface area (TPSA) is 71.1 Å². The summed E-state index contributed by atoms with van der Waals surface area (Å²) in [7, 11) is -3.85. The summed E-state index contributed by atoms with van der Waals surface area (Å²) in [5.74, 6) is 0. The van der Waals surface area contributed by atoms with Crippen LogP contribution in [0.15, 0.2) is 59.5 Å². The predicted molar refractivity (Wildman–Crippen MR) is 97.6 cm³/mol. The largest absolute Gasteiger partial charge is 0.370 e. The van der Waals surface area contributed by atoms with Gasteiger partial charge in [-0.2, -0.15) is 8.42 Å². The van der Waals surface area contributed by atoms with Crippen LogP contribution in [0.3, 0.4) is 0 Å². The summed E-state index contributed by atoms with van der Waals surface area (Å²) in [5.41, 5.74) is 1.91. The molecule has 7 heteroatoms. The monoisotopic (exact) mass is 390 g/mol. The summed E-state index contributed by atoms with van der Waals surface area (Å²) in [6.07, 6.45) is -1.14. The molecule has 2 aliphatic heterocycles. The van der Waals surface area contributed by atoms with Crippen molar-refractivity contribution in [2.45, 2.75) is 42.8 Å². The van der Waals surface area contributed by atoms with E-state index in [2.05, 4.69) is 0 Å². The van der Waals surface area contributed by atoms with Gasteiger partial charge in [0.1, 0.15) is 12.2 Å². The highest BCUT2D eigenvalue weighted by molar-refractivity contribution is 7.86. The van der Waals surface area contributed by atoms with E-state index in [1.54, 1.807) is 24.3 Å². The number of benzene rings is 2. The van der Waals surface area contributed by atoms with Gasteiger partial charge in [-0.05, 0) is 19.1 Å². The van der Waals surface area contributed by atoms with Crippen LogP contribution in [0.4, 0.5) is 0 Å². The fourth-order valence-electron chi connectivity index (χ4n) is 3.29. The summed E-state index contributed by atoms with van der Waals surface area (Å²) >= 11 is 0. The molecule has 0 radical (unpaired) electrons. The Bertz CT molecular complexity index is 865. The molecule has 2 aromatic carbocycles. The van der Waals surface area contributed by atoms with Gasteiger partial charge in [0.05, 0.1) is 24.2 Å². The van der Waals surface area contributed by atoms with E-state index in [9.17, 15) is 8.42 Å². The Balaban J connectivity index is 1.42. The number of ether oxygens (including phenoxy) is 3. The Morgan fingerprint density at radius 2 is 1.67 bits per heavy atom. The fourth-order valence-corrected chi connectivity index (χ4v) is 4.36. The minimum absolute atomic E-state index is 0.144. The lowest BCUT2D eigenvalue weighted by atomic mass is 10.0. The van der Waals surface area contributed by atoms with Crippen LogP contribution >= 0.6 is 0 Å². The lowest BCUT2D eigenvalue weighted by molar-refractivity contribution is -0.286. The third-order valence-corrected chi connectivity index (χ3v) is 6.14. The van der Waals surface area contributed by atoms with Crippen molar-refractivity contribution in [1.82, 2.24) is 0 Å². The lowest BCUT2D eigenvalue weighted by Crippen LogP contribution is -2.50. The number of fused-ring (bicyclic) bond motifs is 1. The normalized spacial score (nSPS) is 28.5. The van der Waals surface area contributed by atoms with Crippen molar-refractivity contribution in [2.24, 2.45) is 0 Å². The molecule has 2 saturated heterocycles. The number of hydrogen-bond donors (Lipinski definition) is 0. The predicted octanol–water partition coefficient (Wildman–Crippen LogP) is 2.97. The van der Waals surface area contributed by atoms with Gasteiger partial charge in [-0.3, -0.25) is 4.18 Å². The minimum Gasteiger partial charge on any atom is -0.370 e. The van der Waals surface area contributed by atoms with Crippen molar-refractivity contribution in [3.8, 4) is 0 Å². The molecule has 4 rings (SSSR count). The highest BCUT2D eigenvalue weighted by atomic mass is 32.2. The van der Waals surface area contributed by atoms with Gasteiger partial charge < -0.3 is 14.2 Å². The molecular formula is C20H22O6S.